The summed E-state index contributed by atoms with van der Waals surface area (Å²) < 4.78 is 79.1. The Hall–Kier alpha value is -3.04. The third-order valence-corrected chi connectivity index (χ3v) is 5.31. The first-order valence-electron chi connectivity index (χ1n) is 9.84. The van der Waals surface area contributed by atoms with Crippen molar-refractivity contribution >= 4 is 17.5 Å². The first-order valence-corrected chi connectivity index (χ1v) is 9.84. The van der Waals surface area contributed by atoms with E-state index in [1.54, 1.807) is 6.92 Å². The number of hydrogen-bond acceptors (Lipinski definition) is 2. The average molecular weight is 458 g/mol. The van der Waals surface area contributed by atoms with Crippen LogP contribution in [0.15, 0.2) is 48.5 Å². The Bertz CT molecular complexity index is 1000. The minimum absolute atomic E-state index is 0.0259. The van der Waals surface area contributed by atoms with E-state index in [4.69, 9.17) is 0 Å². The van der Waals surface area contributed by atoms with Crippen LogP contribution in [0.4, 0.5) is 32.0 Å². The molecule has 2 aromatic rings. The molecule has 0 radical (unpaired) electrons. The van der Waals surface area contributed by atoms with Crippen LogP contribution in [0.3, 0.4) is 0 Å². The van der Waals surface area contributed by atoms with Crippen molar-refractivity contribution in [1.82, 2.24) is 4.90 Å². The highest BCUT2D eigenvalue weighted by molar-refractivity contribution is 5.96. The summed E-state index contributed by atoms with van der Waals surface area (Å²) >= 11 is 0. The molecule has 2 atom stereocenters. The Kier molecular flexibility index (Phi) is 6.52. The third kappa shape index (κ3) is 5.23. The number of carbonyl (C=O) groups excluding carboxylic acids is 2. The second kappa shape index (κ2) is 8.84. The highest BCUT2D eigenvalue weighted by Crippen LogP contribution is 2.51. The largest absolute Gasteiger partial charge is 0.418 e. The number of benzene rings is 2. The number of hydrogen-bond donors (Lipinski definition) is 1. The molecule has 1 saturated carbocycles. The topological polar surface area (TPSA) is 49.4 Å². The first-order chi connectivity index (χ1) is 14.9. The van der Waals surface area contributed by atoms with E-state index in [1.165, 1.54) is 30.3 Å². The molecule has 0 saturated heterocycles. The van der Waals surface area contributed by atoms with Gasteiger partial charge in [0, 0.05) is 12.5 Å². The quantitative estimate of drug-likeness (QED) is 0.596. The molecule has 172 valence electrons. The van der Waals surface area contributed by atoms with Gasteiger partial charge in [-0.3, -0.25) is 9.59 Å². The SMILES string of the molecule is CCN(CC(=O)Nc1ccccc1C(F)(F)F)C(=O)C1CC1c1ccccc1C(F)(F)F. The Labute approximate surface area is 180 Å². The molecule has 2 aromatic carbocycles. The van der Waals surface area contributed by atoms with Gasteiger partial charge in [0.15, 0.2) is 0 Å². The van der Waals surface area contributed by atoms with Gasteiger partial charge in [0.25, 0.3) is 0 Å². The number of alkyl halides is 6. The van der Waals surface area contributed by atoms with E-state index < -0.39 is 59.4 Å². The highest BCUT2D eigenvalue weighted by Gasteiger charge is 2.49. The lowest BCUT2D eigenvalue weighted by molar-refractivity contribution is -0.139. The van der Waals surface area contributed by atoms with Gasteiger partial charge >= 0.3 is 12.4 Å². The maximum Gasteiger partial charge on any atom is 0.418 e. The van der Waals surface area contributed by atoms with Gasteiger partial charge in [-0.15, -0.1) is 0 Å². The van der Waals surface area contributed by atoms with Gasteiger partial charge in [-0.25, -0.2) is 0 Å². The minimum atomic E-state index is -4.67. The van der Waals surface area contributed by atoms with Crippen molar-refractivity contribution in [2.75, 3.05) is 18.4 Å². The number of rotatable bonds is 6. The maximum absolute atomic E-state index is 13.3. The van der Waals surface area contributed by atoms with E-state index in [0.717, 1.165) is 23.1 Å². The van der Waals surface area contributed by atoms with Gasteiger partial charge < -0.3 is 10.2 Å². The van der Waals surface area contributed by atoms with Crippen LogP contribution in [0, 0.1) is 5.92 Å². The number of anilines is 1. The predicted molar refractivity (Wildman–Crippen MR) is 105 cm³/mol. The van der Waals surface area contributed by atoms with Crippen molar-refractivity contribution < 1.29 is 35.9 Å². The molecule has 0 bridgehead atoms. The number of halogens is 6. The van der Waals surface area contributed by atoms with Gasteiger partial charge in [-0.05, 0) is 43.0 Å². The first kappa shape index (κ1) is 23.6. The van der Waals surface area contributed by atoms with Crippen molar-refractivity contribution in [3.05, 3.63) is 65.2 Å². The summed E-state index contributed by atoms with van der Waals surface area (Å²) in [5.41, 5.74) is -2.23. The summed E-state index contributed by atoms with van der Waals surface area (Å²) in [4.78, 5) is 26.2. The van der Waals surface area contributed by atoms with Gasteiger partial charge in [0.2, 0.25) is 11.8 Å². The molecule has 1 aliphatic rings. The molecule has 1 fully saturated rings. The van der Waals surface area contributed by atoms with Gasteiger partial charge in [-0.2, -0.15) is 26.3 Å². The van der Waals surface area contributed by atoms with E-state index in [9.17, 15) is 35.9 Å². The number of nitrogens with one attached hydrogen (secondary N) is 1. The standard InChI is InChI=1S/C22H20F6N2O2/c1-2-30(12-19(31)29-18-10-6-5-9-17(18)22(26,27)28)20(32)15-11-14(15)13-7-3-4-8-16(13)21(23,24)25/h3-10,14-15H,2,11-12H2,1H3,(H,29,31). The number of carbonyl (C=O) groups is 2. The van der Waals surface area contributed by atoms with Gasteiger partial charge in [0.05, 0.1) is 23.4 Å². The molecule has 4 nitrogen and oxygen atoms in total. The molecule has 10 heteroatoms. The molecule has 0 heterocycles. The summed E-state index contributed by atoms with van der Waals surface area (Å²) in [6, 6.07) is 9.47. The van der Waals surface area contributed by atoms with Crippen molar-refractivity contribution in [2.45, 2.75) is 31.6 Å². The third-order valence-electron chi connectivity index (χ3n) is 5.31. The maximum atomic E-state index is 13.3. The zero-order valence-corrected chi connectivity index (χ0v) is 16.9. The summed E-state index contributed by atoms with van der Waals surface area (Å²) in [5.74, 6) is -2.67. The number of para-hydroxylation sites is 1. The molecule has 0 spiro atoms. The van der Waals surface area contributed by atoms with Crippen molar-refractivity contribution in [1.29, 1.82) is 0 Å². The van der Waals surface area contributed by atoms with Crippen molar-refractivity contribution in [2.24, 2.45) is 5.92 Å². The number of nitrogens with zero attached hydrogens (tertiary/aromatic N) is 1. The molecular weight excluding hydrogens is 438 g/mol. The molecule has 0 aromatic heterocycles. The fourth-order valence-electron chi connectivity index (χ4n) is 3.67. The number of likely N-dealkylation sites (N-methyl/N-ethyl adjacent to an activating group) is 1. The van der Waals surface area contributed by atoms with Gasteiger partial charge in [-0.1, -0.05) is 30.3 Å². The lowest BCUT2D eigenvalue weighted by atomic mass is 10.0. The van der Waals surface area contributed by atoms with E-state index in [2.05, 4.69) is 5.32 Å². The zero-order chi connectivity index (χ0) is 23.7. The van der Waals surface area contributed by atoms with Crippen LogP contribution in [0.5, 0.6) is 0 Å². The lowest BCUT2D eigenvalue weighted by Crippen LogP contribution is -2.39. The second-order valence-electron chi connectivity index (χ2n) is 7.48. The van der Waals surface area contributed by atoms with Gasteiger partial charge in [0.1, 0.15) is 0 Å². The van der Waals surface area contributed by atoms with E-state index in [-0.39, 0.29) is 18.5 Å². The number of amides is 2. The van der Waals surface area contributed by atoms with E-state index >= 15 is 0 Å². The Morgan fingerprint density at radius 1 is 0.938 bits per heavy atom. The fraction of sp³-hybridized carbons (Fsp3) is 0.364. The fourth-order valence-corrected chi connectivity index (χ4v) is 3.67. The van der Waals surface area contributed by atoms with Crippen LogP contribution in [0.1, 0.15) is 36.0 Å². The van der Waals surface area contributed by atoms with Crippen molar-refractivity contribution in [3.63, 3.8) is 0 Å². The molecule has 0 aliphatic heterocycles. The summed E-state index contributed by atoms with van der Waals surface area (Å²) in [6.45, 7) is 1.15. The normalized spacial score (nSPS) is 18.2. The smallest absolute Gasteiger partial charge is 0.333 e. The van der Waals surface area contributed by atoms with Crippen LogP contribution < -0.4 is 5.32 Å². The Morgan fingerprint density at radius 3 is 2.09 bits per heavy atom. The predicted octanol–water partition coefficient (Wildman–Crippen LogP) is 5.31. The molecular formula is C22H20F6N2O2. The second-order valence-corrected chi connectivity index (χ2v) is 7.48. The van der Waals surface area contributed by atoms with Crippen LogP contribution in [-0.4, -0.2) is 29.8 Å². The highest BCUT2D eigenvalue weighted by atomic mass is 19.4. The van der Waals surface area contributed by atoms with Crippen LogP contribution in [0.2, 0.25) is 0 Å². The lowest BCUT2D eigenvalue weighted by Gasteiger charge is -2.21. The molecule has 2 amide bonds. The molecule has 32 heavy (non-hydrogen) atoms. The molecule has 1 aliphatic carbocycles. The van der Waals surface area contributed by atoms with Crippen LogP contribution in [0.25, 0.3) is 0 Å². The Morgan fingerprint density at radius 2 is 1.50 bits per heavy atom. The Balaban J connectivity index is 1.68. The van der Waals surface area contributed by atoms with E-state index in [0.29, 0.717) is 0 Å². The minimum Gasteiger partial charge on any atom is -0.333 e. The molecule has 2 unspecified atom stereocenters. The zero-order valence-electron chi connectivity index (χ0n) is 16.9. The molecule has 3 rings (SSSR count). The summed E-state index contributed by atoms with van der Waals surface area (Å²) in [7, 11) is 0. The monoisotopic (exact) mass is 458 g/mol. The van der Waals surface area contributed by atoms with E-state index in [1.807, 2.05) is 0 Å². The van der Waals surface area contributed by atoms with Crippen LogP contribution >= 0.6 is 0 Å². The average Bonchev–Trinajstić information content (AvgIpc) is 3.51. The van der Waals surface area contributed by atoms with Crippen LogP contribution in [-0.2, 0) is 21.9 Å². The summed E-state index contributed by atoms with van der Waals surface area (Å²) in [6.07, 6.45) is -9.01. The molecule has 1 N–H and O–H groups in total. The van der Waals surface area contributed by atoms with Crippen molar-refractivity contribution in [3.8, 4) is 0 Å². The summed E-state index contributed by atoms with van der Waals surface area (Å²) in [5, 5.41) is 2.17.